The van der Waals surface area contributed by atoms with E-state index in [4.69, 9.17) is 0 Å². The number of anilines is 1. The van der Waals surface area contributed by atoms with Gasteiger partial charge in [0.05, 0.1) is 0 Å². The summed E-state index contributed by atoms with van der Waals surface area (Å²) in [6.07, 6.45) is 7.66. The molecule has 0 saturated carbocycles. The largest absolute Gasteiger partial charge is 0.352 e. The summed E-state index contributed by atoms with van der Waals surface area (Å²) >= 11 is 1.58. The van der Waals surface area contributed by atoms with Crippen LogP contribution in [0.5, 0.6) is 0 Å². The van der Waals surface area contributed by atoms with Gasteiger partial charge in [-0.15, -0.1) is 11.3 Å². The van der Waals surface area contributed by atoms with Gasteiger partial charge in [-0.25, -0.2) is 4.98 Å². The van der Waals surface area contributed by atoms with Crippen LogP contribution >= 0.6 is 11.3 Å². The lowest BCUT2D eigenvalue weighted by molar-refractivity contribution is 0.111. The van der Waals surface area contributed by atoms with Crippen molar-refractivity contribution in [2.75, 3.05) is 11.4 Å². The predicted molar refractivity (Wildman–Crippen MR) is 73.7 cm³/mol. The molecule has 1 saturated heterocycles. The zero-order valence-corrected chi connectivity index (χ0v) is 11.3. The summed E-state index contributed by atoms with van der Waals surface area (Å²) in [4.78, 5) is 19.2. The van der Waals surface area contributed by atoms with Crippen molar-refractivity contribution >= 4 is 28.4 Å². The molecule has 4 nitrogen and oxygen atoms in total. The SMILES string of the molecule is CCC1CCCCN1c1nc2sccn2c1C=O. The quantitative estimate of drug-likeness (QED) is 0.799. The number of imidazole rings is 1. The normalized spacial score (nSPS) is 20.5. The molecule has 0 amide bonds. The minimum Gasteiger partial charge on any atom is -0.352 e. The molecular weight excluding hydrogens is 246 g/mol. The summed E-state index contributed by atoms with van der Waals surface area (Å²) in [6, 6.07) is 0.530. The molecule has 1 aliphatic rings. The molecule has 1 atom stereocenters. The minimum absolute atomic E-state index is 0.530. The zero-order valence-electron chi connectivity index (χ0n) is 10.5. The molecule has 3 rings (SSSR count). The van der Waals surface area contributed by atoms with Crippen LogP contribution in [0.4, 0.5) is 5.82 Å². The Labute approximate surface area is 110 Å². The van der Waals surface area contributed by atoms with Crippen LogP contribution in [0.3, 0.4) is 0 Å². The van der Waals surface area contributed by atoms with E-state index in [1.165, 1.54) is 19.3 Å². The summed E-state index contributed by atoms with van der Waals surface area (Å²) < 4.78 is 1.90. The van der Waals surface area contributed by atoms with Gasteiger partial charge in [-0.05, 0) is 25.7 Å². The van der Waals surface area contributed by atoms with Crippen molar-refractivity contribution in [3.05, 3.63) is 17.3 Å². The van der Waals surface area contributed by atoms with Crippen LogP contribution in [0.2, 0.25) is 0 Å². The summed E-state index contributed by atoms with van der Waals surface area (Å²) in [5.41, 5.74) is 0.701. The molecule has 1 unspecified atom stereocenters. The lowest BCUT2D eigenvalue weighted by atomic mass is 10.00. The van der Waals surface area contributed by atoms with Gasteiger partial charge in [0.2, 0.25) is 0 Å². The van der Waals surface area contributed by atoms with E-state index in [-0.39, 0.29) is 0 Å². The highest BCUT2D eigenvalue weighted by Crippen LogP contribution is 2.29. The first-order valence-corrected chi connectivity index (χ1v) is 7.40. The topological polar surface area (TPSA) is 37.6 Å². The van der Waals surface area contributed by atoms with Crippen molar-refractivity contribution in [3.8, 4) is 0 Å². The average Bonchev–Trinajstić information content (AvgIpc) is 2.98. The summed E-state index contributed by atoms with van der Waals surface area (Å²) in [7, 11) is 0. The first kappa shape index (κ1) is 11.7. The number of aldehydes is 1. The standard InChI is InChI=1S/C13H17N3OS/c1-2-10-5-3-4-6-15(10)12-11(9-17)16-7-8-18-13(16)14-12/h7-10H,2-6H2,1H3. The van der Waals surface area contributed by atoms with Gasteiger partial charge >= 0.3 is 0 Å². The maximum atomic E-state index is 11.4. The molecule has 0 N–H and O–H groups in total. The monoisotopic (exact) mass is 263 g/mol. The van der Waals surface area contributed by atoms with Crippen molar-refractivity contribution in [1.82, 2.24) is 9.38 Å². The third-order valence-corrected chi connectivity index (χ3v) is 4.52. The molecule has 3 heterocycles. The number of rotatable bonds is 3. The van der Waals surface area contributed by atoms with Crippen LogP contribution in [0.1, 0.15) is 43.1 Å². The van der Waals surface area contributed by atoms with E-state index < -0.39 is 0 Å². The zero-order chi connectivity index (χ0) is 12.5. The van der Waals surface area contributed by atoms with Crippen LogP contribution in [0.25, 0.3) is 4.96 Å². The number of carbonyl (C=O) groups is 1. The Hall–Kier alpha value is -1.36. The summed E-state index contributed by atoms with van der Waals surface area (Å²) in [6.45, 7) is 3.23. The molecular formula is C13H17N3OS. The first-order valence-electron chi connectivity index (χ1n) is 6.52. The Balaban J connectivity index is 2.06. The Kier molecular flexibility index (Phi) is 3.07. The second-order valence-electron chi connectivity index (χ2n) is 4.75. The molecule has 18 heavy (non-hydrogen) atoms. The average molecular weight is 263 g/mol. The van der Waals surface area contributed by atoms with Gasteiger partial charge in [0.25, 0.3) is 0 Å². The minimum atomic E-state index is 0.530. The van der Waals surface area contributed by atoms with E-state index in [1.54, 1.807) is 11.3 Å². The smallest absolute Gasteiger partial charge is 0.196 e. The van der Waals surface area contributed by atoms with Crippen molar-refractivity contribution in [2.24, 2.45) is 0 Å². The number of piperidine rings is 1. The molecule has 96 valence electrons. The Morgan fingerprint density at radius 2 is 2.44 bits per heavy atom. The molecule has 0 bridgehead atoms. The number of nitrogens with zero attached hydrogens (tertiary/aromatic N) is 3. The first-order chi connectivity index (χ1) is 8.85. The molecule has 0 aliphatic carbocycles. The molecule has 1 fully saturated rings. The third-order valence-electron chi connectivity index (χ3n) is 3.76. The maximum absolute atomic E-state index is 11.4. The number of aromatic nitrogens is 2. The molecule has 1 aliphatic heterocycles. The maximum Gasteiger partial charge on any atom is 0.196 e. The van der Waals surface area contributed by atoms with Gasteiger partial charge in [0.15, 0.2) is 17.1 Å². The predicted octanol–water partition coefficient (Wildman–Crippen LogP) is 2.98. The molecule has 0 aromatic carbocycles. The lowest BCUT2D eigenvalue weighted by Crippen LogP contribution is -2.39. The Morgan fingerprint density at radius 3 is 3.22 bits per heavy atom. The van der Waals surface area contributed by atoms with E-state index in [0.717, 1.165) is 30.0 Å². The second kappa shape index (κ2) is 4.72. The van der Waals surface area contributed by atoms with Gasteiger partial charge in [-0.1, -0.05) is 6.92 Å². The lowest BCUT2D eigenvalue weighted by Gasteiger charge is -2.35. The Morgan fingerprint density at radius 1 is 1.56 bits per heavy atom. The number of fused-ring (bicyclic) bond motifs is 1. The highest BCUT2D eigenvalue weighted by Gasteiger charge is 2.26. The Bertz CT molecular complexity index is 560. The van der Waals surface area contributed by atoms with Gasteiger partial charge in [0.1, 0.15) is 5.69 Å². The second-order valence-corrected chi connectivity index (χ2v) is 5.62. The van der Waals surface area contributed by atoms with Gasteiger partial charge < -0.3 is 4.90 Å². The van der Waals surface area contributed by atoms with Gasteiger partial charge in [-0.2, -0.15) is 0 Å². The third kappa shape index (κ3) is 1.73. The van der Waals surface area contributed by atoms with Gasteiger partial charge in [0, 0.05) is 24.2 Å². The number of hydrogen-bond donors (Lipinski definition) is 0. The fourth-order valence-electron chi connectivity index (χ4n) is 2.82. The molecule has 5 heteroatoms. The van der Waals surface area contributed by atoms with E-state index in [2.05, 4.69) is 16.8 Å². The highest BCUT2D eigenvalue weighted by molar-refractivity contribution is 7.15. The van der Waals surface area contributed by atoms with Crippen LogP contribution in [0, 0.1) is 0 Å². The number of hydrogen-bond acceptors (Lipinski definition) is 4. The summed E-state index contributed by atoms with van der Waals surface area (Å²) in [5.74, 6) is 0.878. The van der Waals surface area contributed by atoms with Crippen LogP contribution in [-0.2, 0) is 0 Å². The van der Waals surface area contributed by atoms with Crippen LogP contribution in [0.15, 0.2) is 11.6 Å². The van der Waals surface area contributed by atoms with Crippen molar-refractivity contribution in [2.45, 2.75) is 38.6 Å². The highest BCUT2D eigenvalue weighted by atomic mass is 32.1. The van der Waals surface area contributed by atoms with Crippen LogP contribution in [-0.4, -0.2) is 28.3 Å². The van der Waals surface area contributed by atoms with E-state index in [1.807, 2.05) is 16.0 Å². The number of thiazole rings is 1. The molecule has 2 aromatic heterocycles. The fraction of sp³-hybridized carbons (Fsp3) is 0.538. The summed E-state index contributed by atoms with van der Waals surface area (Å²) in [5, 5.41) is 1.96. The molecule has 0 spiro atoms. The molecule has 0 radical (unpaired) electrons. The van der Waals surface area contributed by atoms with Gasteiger partial charge in [-0.3, -0.25) is 9.20 Å². The number of carbonyl (C=O) groups excluding carboxylic acids is 1. The van der Waals surface area contributed by atoms with Crippen LogP contribution < -0.4 is 4.90 Å². The van der Waals surface area contributed by atoms with E-state index in [9.17, 15) is 4.79 Å². The van der Waals surface area contributed by atoms with E-state index in [0.29, 0.717) is 11.7 Å². The molecule has 2 aromatic rings. The van der Waals surface area contributed by atoms with Crippen molar-refractivity contribution in [1.29, 1.82) is 0 Å². The fourth-order valence-corrected chi connectivity index (χ4v) is 3.53. The van der Waals surface area contributed by atoms with Crippen molar-refractivity contribution < 1.29 is 4.79 Å². The van der Waals surface area contributed by atoms with Crippen molar-refractivity contribution in [3.63, 3.8) is 0 Å². The van der Waals surface area contributed by atoms with E-state index >= 15 is 0 Å².